The van der Waals surface area contributed by atoms with Crippen molar-refractivity contribution in [1.29, 1.82) is 0 Å². The monoisotopic (exact) mass is 286 g/mol. The molecule has 1 atom stereocenters. The van der Waals surface area contributed by atoms with Crippen molar-refractivity contribution in [3.05, 3.63) is 65.7 Å². The van der Waals surface area contributed by atoms with E-state index >= 15 is 0 Å². The third-order valence-corrected chi connectivity index (χ3v) is 3.64. The molecule has 21 heavy (non-hydrogen) atoms. The van der Waals surface area contributed by atoms with Crippen molar-refractivity contribution < 1.29 is 15.2 Å². The van der Waals surface area contributed by atoms with Crippen molar-refractivity contribution in [2.24, 2.45) is 0 Å². The minimum absolute atomic E-state index is 0.212. The van der Waals surface area contributed by atoms with Crippen LogP contribution in [-0.2, 0) is 13.2 Å². The zero-order valence-corrected chi connectivity index (χ0v) is 12.5. The molecule has 0 heterocycles. The first-order valence-electron chi connectivity index (χ1n) is 7.52. The number of aliphatic hydroxyl groups excluding tert-OH is 1. The van der Waals surface area contributed by atoms with E-state index in [-0.39, 0.29) is 12.6 Å². The van der Waals surface area contributed by atoms with Crippen LogP contribution in [0.4, 0.5) is 0 Å². The smallest absolute Gasteiger partial charge is 0.128 e. The zero-order chi connectivity index (χ0) is 14.9. The average molecular weight is 286 g/mol. The van der Waals surface area contributed by atoms with E-state index in [9.17, 15) is 5.11 Å². The van der Waals surface area contributed by atoms with E-state index < -0.39 is 0 Å². The van der Waals surface area contributed by atoms with Gasteiger partial charge in [0.15, 0.2) is 0 Å². The van der Waals surface area contributed by atoms with E-state index in [0.29, 0.717) is 6.61 Å². The first-order chi connectivity index (χ1) is 10.3. The normalized spacial score (nSPS) is 12.1. The summed E-state index contributed by atoms with van der Waals surface area (Å²) < 4.78 is 5.94. The molecule has 2 rings (SSSR count). The van der Waals surface area contributed by atoms with Gasteiger partial charge in [-0.05, 0) is 24.1 Å². The Morgan fingerprint density at radius 3 is 2.48 bits per heavy atom. The van der Waals surface area contributed by atoms with Crippen molar-refractivity contribution >= 4 is 0 Å². The lowest BCUT2D eigenvalue weighted by Crippen LogP contribution is -2.89. The summed E-state index contributed by atoms with van der Waals surface area (Å²) in [5, 5.41) is 11.4. The number of hydrogen-bond donors (Lipinski definition) is 2. The lowest BCUT2D eigenvalue weighted by atomic mass is 10.1. The third-order valence-electron chi connectivity index (χ3n) is 3.64. The third kappa shape index (κ3) is 4.88. The van der Waals surface area contributed by atoms with Crippen LogP contribution in [0.2, 0.25) is 0 Å². The van der Waals surface area contributed by atoms with Gasteiger partial charge < -0.3 is 15.2 Å². The minimum Gasteiger partial charge on any atom is -0.488 e. The van der Waals surface area contributed by atoms with E-state index in [1.807, 2.05) is 36.4 Å². The number of benzene rings is 2. The van der Waals surface area contributed by atoms with Crippen molar-refractivity contribution in [2.45, 2.75) is 32.5 Å². The van der Waals surface area contributed by atoms with Crippen LogP contribution < -0.4 is 10.1 Å². The molecular weight excluding hydrogens is 262 g/mol. The summed E-state index contributed by atoms with van der Waals surface area (Å²) in [7, 11) is 0. The number of rotatable bonds is 8. The summed E-state index contributed by atoms with van der Waals surface area (Å²) in [5.74, 6) is 0.922. The highest BCUT2D eigenvalue weighted by atomic mass is 16.5. The van der Waals surface area contributed by atoms with E-state index in [0.717, 1.165) is 24.3 Å². The molecule has 0 amide bonds. The number of aliphatic hydroxyl groups is 1. The molecule has 2 aromatic rings. The van der Waals surface area contributed by atoms with Gasteiger partial charge in [0, 0.05) is 5.56 Å². The number of quaternary nitrogens is 1. The molecular formula is C18H24NO2+. The molecule has 0 spiro atoms. The highest BCUT2D eigenvalue weighted by Gasteiger charge is 2.10. The molecule has 0 fully saturated rings. The van der Waals surface area contributed by atoms with Crippen LogP contribution in [0.25, 0.3) is 0 Å². The summed E-state index contributed by atoms with van der Waals surface area (Å²) in [6.07, 6.45) is 0.962. The highest BCUT2D eigenvalue weighted by molar-refractivity contribution is 5.32. The Morgan fingerprint density at radius 1 is 1.05 bits per heavy atom. The number of ether oxygens (including phenoxy) is 1. The second-order valence-corrected chi connectivity index (χ2v) is 5.17. The van der Waals surface area contributed by atoms with Crippen LogP contribution in [-0.4, -0.2) is 17.8 Å². The second-order valence-electron chi connectivity index (χ2n) is 5.17. The fraction of sp³-hybridized carbons (Fsp3) is 0.333. The van der Waals surface area contributed by atoms with Crippen molar-refractivity contribution in [1.82, 2.24) is 0 Å². The first kappa shape index (κ1) is 15.5. The van der Waals surface area contributed by atoms with Crippen LogP contribution in [0, 0.1) is 0 Å². The molecule has 0 aliphatic carbocycles. The SMILES string of the molecule is CC[C@@H](CO)[NH2+]Cc1ccccc1OCc1ccccc1. The number of para-hydroxylation sites is 1. The Balaban J connectivity index is 1.96. The summed E-state index contributed by atoms with van der Waals surface area (Å²) in [5.41, 5.74) is 2.33. The average Bonchev–Trinajstić information content (AvgIpc) is 2.56. The molecule has 0 saturated heterocycles. The summed E-state index contributed by atoms with van der Waals surface area (Å²) >= 11 is 0. The lowest BCUT2D eigenvalue weighted by Gasteiger charge is -2.14. The molecule has 3 N–H and O–H groups in total. The Kier molecular flexibility index (Phi) is 6.25. The summed E-state index contributed by atoms with van der Waals surface area (Å²) in [4.78, 5) is 0. The molecule has 0 saturated carbocycles. The summed E-state index contributed by atoms with van der Waals surface area (Å²) in [6.45, 7) is 3.71. The van der Waals surface area contributed by atoms with Crippen LogP contribution in [0.1, 0.15) is 24.5 Å². The van der Waals surface area contributed by atoms with Gasteiger partial charge in [-0.3, -0.25) is 0 Å². The van der Waals surface area contributed by atoms with Gasteiger partial charge in [-0.1, -0.05) is 49.4 Å². The van der Waals surface area contributed by atoms with E-state index in [2.05, 4.69) is 30.4 Å². The predicted molar refractivity (Wildman–Crippen MR) is 84.0 cm³/mol. The maximum atomic E-state index is 9.26. The number of hydrogen-bond acceptors (Lipinski definition) is 2. The Morgan fingerprint density at radius 2 is 1.76 bits per heavy atom. The molecule has 0 aromatic heterocycles. The molecule has 112 valence electrons. The van der Waals surface area contributed by atoms with Crippen LogP contribution in [0.15, 0.2) is 54.6 Å². The molecule has 0 unspecified atom stereocenters. The molecule has 2 aromatic carbocycles. The quantitative estimate of drug-likeness (QED) is 0.780. The molecule has 0 aliphatic heterocycles. The Hall–Kier alpha value is -1.84. The van der Waals surface area contributed by atoms with Gasteiger partial charge in [0.05, 0.1) is 6.61 Å². The van der Waals surface area contributed by atoms with Gasteiger partial charge in [-0.25, -0.2) is 0 Å². The predicted octanol–water partition coefficient (Wildman–Crippen LogP) is 2.10. The standard InChI is InChI=1S/C18H23NO2/c1-2-17(13-20)19-12-16-10-6-7-11-18(16)21-14-15-8-4-3-5-9-15/h3-11,17,19-20H,2,12-14H2,1H3/p+1/t17-/m0/s1. The van der Waals surface area contributed by atoms with Crippen LogP contribution in [0.5, 0.6) is 5.75 Å². The maximum Gasteiger partial charge on any atom is 0.128 e. The maximum absolute atomic E-state index is 9.26. The minimum atomic E-state index is 0.212. The van der Waals surface area contributed by atoms with Gasteiger partial charge in [0.2, 0.25) is 0 Å². The van der Waals surface area contributed by atoms with E-state index in [4.69, 9.17) is 4.74 Å². The van der Waals surface area contributed by atoms with Crippen LogP contribution >= 0.6 is 0 Å². The van der Waals surface area contributed by atoms with Crippen LogP contribution in [0.3, 0.4) is 0 Å². The van der Waals surface area contributed by atoms with Gasteiger partial charge in [-0.2, -0.15) is 0 Å². The molecule has 0 radical (unpaired) electrons. The van der Waals surface area contributed by atoms with Gasteiger partial charge >= 0.3 is 0 Å². The van der Waals surface area contributed by atoms with E-state index in [1.54, 1.807) is 0 Å². The molecule has 0 bridgehead atoms. The van der Waals surface area contributed by atoms with Crippen molar-refractivity contribution in [3.63, 3.8) is 0 Å². The molecule has 3 heteroatoms. The Labute approximate surface area is 126 Å². The second kappa shape index (κ2) is 8.45. The van der Waals surface area contributed by atoms with Crippen molar-refractivity contribution in [3.8, 4) is 5.75 Å². The topological polar surface area (TPSA) is 46.1 Å². The van der Waals surface area contributed by atoms with Crippen molar-refractivity contribution in [2.75, 3.05) is 6.61 Å². The highest BCUT2D eigenvalue weighted by Crippen LogP contribution is 2.18. The van der Waals surface area contributed by atoms with Gasteiger partial charge in [0.25, 0.3) is 0 Å². The fourth-order valence-electron chi connectivity index (χ4n) is 2.21. The molecule has 3 nitrogen and oxygen atoms in total. The summed E-state index contributed by atoms with van der Waals surface area (Å²) in [6, 6.07) is 18.5. The van der Waals surface area contributed by atoms with Gasteiger partial charge in [0.1, 0.15) is 24.9 Å². The van der Waals surface area contributed by atoms with E-state index in [1.165, 1.54) is 5.56 Å². The largest absolute Gasteiger partial charge is 0.488 e. The first-order valence-corrected chi connectivity index (χ1v) is 7.52. The molecule has 0 aliphatic rings. The van der Waals surface area contributed by atoms with Gasteiger partial charge in [-0.15, -0.1) is 0 Å². The fourth-order valence-corrected chi connectivity index (χ4v) is 2.21. The lowest BCUT2D eigenvalue weighted by molar-refractivity contribution is -0.706. The zero-order valence-electron chi connectivity index (χ0n) is 12.5. The number of nitrogens with two attached hydrogens (primary N) is 1. The Bertz CT molecular complexity index is 524.